The SMILES string of the molecule is Nc1ccc(F)cc1S(=O)(=O)Cc1cc(Br)ccc1F. The molecular weight excluding hydrogens is 352 g/mol. The molecule has 0 bridgehead atoms. The van der Waals surface area contributed by atoms with Gasteiger partial charge in [0.2, 0.25) is 0 Å². The molecule has 2 rings (SSSR count). The Bertz CT molecular complexity index is 763. The first kappa shape index (κ1) is 14.9. The Balaban J connectivity index is 2.46. The smallest absolute Gasteiger partial charge is 0.184 e. The lowest BCUT2D eigenvalue weighted by Crippen LogP contribution is -2.09. The summed E-state index contributed by atoms with van der Waals surface area (Å²) >= 11 is 3.14. The van der Waals surface area contributed by atoms with E-state index < -0.39 is 27.2 Å². The summed E-state index contributed by atoms with van der Waals surface area (Å²) in [6.45, 7) is 0. The number of anilines is 1. The van der Waals surface area contributed by atoms with Gasteiger partial charge in [-0.05, 0) is 36.4 Å². The Labute approximate surface area is 123 Å². The molecule has 0 spiro atoms. The monoisotopic (exact) mass is 361 g/mol. The number of hydrogen-bond donors (Lipinski definition) is 1. The molecule has 0 heterocycles. The molecule has 106 valence electrons. The maximum Gasteiger partial charge on any atom is 0.184 e. The number of nitrogen functional groups attached to an aromatic ring is 1. The van der Waals surface area contributed by atoms with Crippen molar-refractivity contribution in [2.45, 2.75) is 10.6 Å². The molecule has 20 heavy (non-hydrogen) atoms. The topological polar surface area (TPSA) is 60.2 Å². The molecule has 0 saturated heterocycles. The average Bonchev–Trinajstić information content (AvgIpc) is 2.36. The number of rotatable bonds is 3. The van der Waals surface area contributed by atoms with Gasteiger partial charge in [-0.25, -0.2) is 17.2 Å². The molecule has 7 heteroatoms. The molecule has 0 fully saturated rings. The summed E-state index contributed by atoms with van der Waals surface area (Å²) in [5, 5.41) is 0. The number of benzene rings is 2. The van der Waals surface area contributed by atoms with Crippen molar-refractivity contribution in [3.63, 3.8) is 0 Å². The highest BCUT2D eigenvalue weighted by Crippen LogP contribution is 2.25. The van der Waals surface area contributed by atoms with E-state index in [0.717, 1.165) is 18.2 Å². The van der Waals surface area contributed by atoms with Gasteiger partial charge in [-0.15, -0.1) is 0 Å². The minimum Gasteiger partial charge on any atom is -0.398 e. The molecular formula is C13H10BrF2NO2S. The van der Waals surface area contributed by atoms with Gasteiger partial charge >= 0.3 is 0 Å². The fourth-order valence-electron chi connectivity index (χ4n) is 1.71. The maximum atomic E-state index is 13.6. The Morgan fingerprint density at radius 1 is 1.10 bits per heavy atom. The van der Waals surface area contributed by atoms with Crippen LogP contribution < -0.4 is 5.73 Å². The highest BCUT2D eigenvalue weighted by molar-refractivity contribution is 9.10. The Kier molecular flexibility index (Phi) is 4.10. The highest BCUT2D eigenvalue weighted by Gasteiger charge is 2.21. The van der Waals surface area contributed by atoms with Gasteiger partial charge in [0, 0.05) is 10.0 Å². The summed E-state index contributed by atoms with van der Waals surface area (Å²) in [5.74, 6) is -1.95. The van der Waals surface area contributed by atoms with E-state index in [4.69, 9.17) is 5.73 Å². The normalized spacial score (nSPS) is 11.6. The van der Waals surface area contributed by atoms with Gasteiger partial charge in [0.1, 0.15) is 11.6 Å². The third kappa shape index (κ3) is 3.16. The summed E-state index contributed by atoms with van der Waals surface area (Å²) in [7, 11) is -3.93. The number of halogens is 3. The molecule has 0 saturated carbocycles. The molecule has 2 aromatic carbocycles. The van der Waals surface area contributed by atoms with E-state index in [1.165, 1.54) is 18.2 Å². The second kappa shape index (κ2) is 5.49. The van der Waals surface area contributed by atoms with E-state index in [0.29, 0.717) is 4.47 Å². The number of sulfone groups is 1. The molecule has 0 atom stereocenters. The van der Waals surface area contributed by atoms with E-state index in [1.807, 2.05) is 0 Å². The van der Waals surface area contributed by atoms with Gasteiger partial charge in [0.05, 0.1) is 16.3 Å². The first-order valence-electron chi connectivity index (χ1n) is 5.51. The lowest BCUT2D eigenvalue weighted by atomic mass is 10.2. The van der Waals surface area contributed by atoms with Gasteiger partial charge < -0.3 is 5.73 Å². The lowest BCUT2D eigenvalue weighted by Gasteiger charge is -2.09. The first-order chi connectivity index (χ1) is 9.29. The second-order valence-corrected chi connectivity index (χ2v) is 7.05. The summed E-state index contributed by atoms with van der Waals surface area (Å²) in [5.41, 5.74) is 5.47. The molecule has 2 aromatic rings. The standard InChI is InChI=1S/C13H10BrF2NO2S/c14-9-1-3-11(16)8(5-9)7-20(18,19)13-6-10(15)2-4-12(13)17/h1-6H,7,17H2. The highest BCUT2D eigenvalue weighted by atomic mass is 79.9. The van der Waals surface area contributed by atoms with Crippen molar-refractivity contribution in [1.82, 2.24) is 0 Å². The zero-order valence-electron chi connectivity index (χ0n) is 10.1. The number of nitrogens with two attached hydrogens (primary N) is 1. The van der Waals surface area contributed by atoms with Crippen LogP contribution in [0.5, 0.6) is 0 Å². The molecule has 0 aliphatic carbocycles. The van der Waals surface area contributed by atoms with Crippen molar-refractivity contribution in [3.05, 3.63) is 58.1 Å². The van der Waals surface area contributed by atoms with Crippen LogP contribution in [0.3, 0.4) is 0 Å². The lowest BCUT2D eigenvalue weighted by molar-refractivity contribution is 0.584. The molecule has 2 N–H and O–H groups in total. The van der Waals surface area contributed by atoms with Gasteiger partial charge in [-0.2, -0.15) is 0 Å². The average molecular weight is 362 g/mol. The Hall–Kier alpha value is -1.47. The van der Waals surface area contributed by atoms with E-state index in [9.17, 15) is 17.2 Å². The van der Waals surface area contributed by atoms with Gasteiger partial charge in [0.15, 0.2) is 9.84 Å². The van der Waals surface area contributed by atoms with Crippen molar-refractivity contribution in [2.24, 2.45) is 0 Å². The number of hydrogen-bond acceptors (Lipinski definition) is 3. The molecule has 0 aliphatic heterocycles. The van der Waals surface area contributed by atoms with Crippen LogP contribution >= 0.6 is 15.9 Å². The van der Waals surface area contributed by atoms with Crippen molar-refractivity contribution >= 4 is 31.5 Å². The van der Waals surface area contributed by atoms with Crippen LogP contribution in [0.1, 0.15) is 5.56 Å². The van der Waals surface area contributed by atoms with Gasteiger partial charge in [-0.3, -0.25) is 0 Å². The Morgan fingerprint density at radius 2 is 1.80 bits per heavy atom. The predicted octanol–water partition coefficient (Wildman–Crippen LogP) is 3.28. The first-order valence-corrected chi connectivity index (χ1v) is 7.96. The third-order valence-electron chi connectivity index (χ3n) is 2.66. The summed E-state index contributed by atoms with van der Waals surface area (Å²) < 4.78 is 51.7. The zero-order valence-corrected chi connectivity index (χ0v) is 12.5. The van der Waals surface area contributed by atoms with E-state index >= 15 is 0 Å². The van der Waals surface area contributed by atoms with Crippen LogP contribution in [-0.2, 0) is 15.6 Å². The molecule has 0 radical (unpaired) electrons. The zero-order chi connectivity index (χ0) is 14.9. The molecule has 0 aliphatic rings. The fraction of sp³-hybridized carbons (Fsp3) is 0.0769. The quantitative estimate of drug-likeness (QED) is 0.853. The van der Waals surface area contributed by atoms with Crippen LogP contribution in [-0.4, -0.2) is 8.42 Å². The largest absolute Gasteiger partial charge is 0.398 e. The van der Waals surface area contributed by atoms with Crippen LogP contribution in [0.25, 0.3) is 0 Å². The molecule has 0 unspecified atom stereocenters. The van der Waals surface area contributed by atoms with Crippen LogP contribution in [0.2, 0.25) is 0 Å². The minimum atomic E-state index is -3.93. The van der Waals surface area contributed by atoms with Crippen LogP contribution in [0, 0.1) is 11.6 Å². The maximum absolute atomic E-state index is 13.6. The molecule has 0 amide bonds. The van der Waals surface area contributed by atoms with E-state index in [1.54, 1.807) is 0 Å². The van der Waals surface area contributed by atoms with Crippen molar-refractivity contribution in [2.75, 3.05) is 5.73 Å². The molecule has 0 aromatic heterocycles. The van der Waals surface area contributed by atoms with Crippen molar-refractivity contribution in [3.8, 4) is 0 Å². The van der Waals surface area contributed by atoms with Crippen LogP contribution in [0.4, 0.5) is 14.5 Å². The van der Waals surface area contributed by atoms with Crippen LogP contribution in [0.15, 0.2) is 45.8 Å². The van der Waals surface area contributed by atoms with Crippen molar-refractivity contribution < 1.29 is 17.2 Å². The summed E-state index contributed by atoms with van der Waals surface area (Å²) in [6, 6.07) is 7.04. The Morgan fingerprint density at radius 3 is 2.50 bits per heavy atom. The summed E-state index contributed by atoms with van der Waals surface area (Å²) in [4.78, 5) is -0.336. The summed E-state index contributed by atoms with van der Waals surface area (Å²) in [6.07, 6.45) is 0. The predicted molar refractivity (Wildman–Crippen MR) is 75.8 cm³/mol. The fourth-order valence-corrected chi connectivity index (χ4v) is 3.63. The molecule has 3 nitrogen and oxygen atoms in total. The van der Waals surface area contributed by atoms with Gasteiger partial charge in [0.25, 0.3) is 0 Å². The van der Waals surface area contributed by atoms with Gasteiger partial charge in [-0.1, -0.05) is 15.9 Å². The second-order valence-electron chi connectivity index (χ2n) is 4.18. The van der Waals surface area contributed by atoms with Crippen molar-refractivity contribution in [1.29, 1.82) is 0 Å². The van der Waals surface area contributed by atoms with E-state index in [-0.39, 0.29) is 16.1 Å². The third-order valence-corrected chi connectivity index (χ3v) is 4.87. The minimum absolute atomic E-state index is 0.0111. The van der Waals surface area contributed by atoms with E-state index in [2.05, 4.69) is 15.9 Å².